The van der Waals surface area contributed by atoms with Crippen LogP contribution in [0.25, 0.3) is 10.4 Å². The van der Waals surface area contributed by atoms with E-state index in [4.69, 9.17) is 4.74 Å². The first-order valence-corrected chi connectivity index (χ1v) is 9.16. The number of H-pyrrole nitrogens is 1. The van der Waals surface area contributed by atoms with Crippen molar-refractivity contribution in [3.63, 3.8) is 0 Å². The Morgan fingerprint density at radius 3 is 2.92 bits per heavy atom. The number of aliphatic hydroxyl groups is 1. The maximum atomic E-state index is 14.2. The van der Waals surface area contributed by atoms with E-state index in [1.54, 1.807) is 6.20 Å². The van der Waals surface area contributed by atoms with E-state index >= 15 is 0 Å². The molecule has 2 aliphatic heterocycles. The number of hydrogen-bond acceptors (Lipinski definition) is 6. The standard InChI is InChI=1S/C16H16F2N4O3S/c17-16(18)7-22-6-9(3-15(24)1-2-15)21-14(23)13-10(22)11(25-16)12(26-13)8-4-19-20-5-8/h4-5,9,24H,1-3,6-7H2,(H,19,20)(H,21,23)/t9-/m1/s1. The van der Waals surface area contributed by atoms with Gasteiger partial charge in [0.2, 0.25) is 0 Å². The van der Waals surface area contributed by atoms with E-state index in [0.717, 1.165) is 11.3 Å². The fourth-order valence-electron chi connectivity index (χ4n) is 3.63. The molecule has 0 unspecified atom stereocenters. The molecular weight excluding hydrogens is 366 g/mol. The average Bonchev–Trinajstić information content (AvgIpc) is 2.98. The summed E-state index contributed by atoms with van der Waals surface area (Å²) in [6.45, 7) is -0.424. The first-order chi connectivity index (χ1) is 12.3. The zero-order valence-corrected chi connectivity index (χ0v) is 14.4. The summed E-state index contributed by atoms with van der Waals surface area (Å²) in [5.41, 5.74) is 0.210. The van der Waals surface area contributed by atoms with Crippen LogP contribution in [-0.2, 0) is 0 Å². The lowest BCUT2D eigenvalue weighted by Gasteiger charge is -2.35. The van der Waals surface area contributed by atoms with Crippen LogP contribution in [0.5, 0.6) is 5.75 Å². The second-order valence-corrected chi connectivity index (χ2v) is 8.16. The van der Waals surface area contributed by atoms with Crippen molar-refractivity contribution in [2.45, 2.75) is 37.0 Å². The summed E-state index contributed by atoms with van der Waals surface area (Å²) in [6, 6.07) is -0.395. The number of ether oxygens (including phenoxy) is 1. The van der Waals surface area contributed by atoms with E-state index < -0.39 is 24.3 Å². The summed E-state index contributed by atoms with van der Waals surface area (Å²) >= 11 is 1.11. The van der Waals surface area contributed by atoms with Crippen LogP contribution in [0.4, 0.5) is 14.5 Å². The van der Waals surface area contributed by atoms with Gasteiger partial charge >= 0.3 is 6.11 Å². The highest BCUT2D eigenvalue weighted by molar-refractivity contribution is 7.18. The second kappa shape index (κ2) is 5.17. The summed E-state index contributed by atoms with van der Waals surface area (Å²) < 4.78 is 33.5. The third kappa shape index (κ3) is 2.55. The van der Waals surface area contributed by atoms with Crippen molar-refractivity contribution in [2.24, 2.45) is 0 Å². The van der Waals surface area contributed by atoms with Crippen molar-refractivity contribution >= 4 is 22.9 Å². The molecule has 138 valence electrons. The van der Waals surface area contributed by atoms with Gasteiger partial charge < -0.3 is 20.1 Å². The van der Waals surface area contributed by atoms with Crippen LogP contribution in [-0.4, -0.2) is 52.1 Å². The van der Waals surface area contributed by atoms with Gasteiger partial charge in [0.1, 0.15) is 17.1 Å². The molecule has 0 bridgehead atoms. The number of thiophene rings is 1. The van der Waals surface area contributed by atoms with Crippen LogP contribution < -0.4 is 15.0 Å². The molecule has 0 radical (unpaired) electrons. The number of amides is 1. The highest BCUT2D eigenvalue weighted by Gasteiger charge is 2.49. The SMILES string of the molecule is O=C1N[C@H](CC2(O)CC2)CN2CC(F)(F)Oc3c(-c4cn[nH]c4)sc1c32. The van der Waals surface area contributed by atoms with Crippen molar-refractivity contribution in [2.75, 3.05) is 18.0 Å². The molecule has 4 heterocycles. The molecule has 26 heavy (non-hydrogen) atoms. The summed E-state index contributed by atoms with van der Waals surface area (Å²) in [5.74, 6) is -0.310. The predicted octanol–water partition coefficient (Wildman–Crippen LogP) is 1.96. The average molecular weight is 382 g/mol. The molecule has 5 rings (SSSR count). The Bertz CT molecular complexity index is 878. The van der Waals surface area contributed by atoms with Crippen molar-refractivity contribution in [3.05, 3.63) is 17.3 Å². The Hall–Kier alpha value is -2.20. The van der Waals surface area contributed by atoms with Gasteiger partial charge in [-0.2, -0.15) is 13.9 Å². The monoisotopic (exact) mass is 382 g/mol. The molecule has 1 fully saturated rings. The molecule has 0 saturated heterocycles. The summed E-state index contributed by atoms with van der Waals surface area (Å²) in [5, 5.41) is 19.6. The highest BCUT2D eigenvalue weighted by atomic mass is 32.1. The number of aromatic amines is 1. The van der Waals surface area contributed by atoms with E-state index in [-0.39, 0.29) is 18.2 Å². The number of rotatable bonds is 3. The van der Waals surface area contributed by atoms with Crippen LogP contribution >= 0.6 is 11.3 Å². The van der Waals surface area contributed by atoms with Crippen molar-refractivity contribution in [1.82, 2.24) is 15.5 Å². The third-order valence-electron chi connectivity index (χ3n) is 4.98. The molecule has 0 spiro atoms. The van der Waals surface area contributed by atoms with Crippen molar-refractivity contribution in [3.8, 4) is 16.2 Å². The van der Waals surface area contributed by atoms with Crippen LogP contribution in [0.1, 0.15) is 28.9 Å². The number of nitrogens with one attached hydrogen (secondary N) is 2. The number of nitrogens with zero attached hydrogens (tertiary/aromatic N) is 2. The Balaban J connectivity index is 1.59. The van der Waals surface area contributed by atoms with Gasteiger partial charge in [-0.15, -0.1) is 11.3 Å². The van der Waals surface area contributed by atoms with E-state index in [9.17, 15) is 18.7 Å². The molecule has 2 aromatic rings. The number of halogens is 2. The second-order valence-electron chi connectivity index (χ2n) is 7.14. The Morgan fingerprint density at radius 1 is 1.42 bits per heavy atom. The molecule has 1 saturated carbocycles. The molecule has 1 atom stereocenters. The van der Waals surface area contributed by atoms with E-state index in [1.165, 1.54) is 11.1 Å². The minimum Gasteiger partial charge on any atom is -0.427 e. The zero-order chi connectivity index (χ0) is 18.1. The number of carbonyl (C=O) groups excluding carboxylic acids is 1. The van der Waals surface area contributed by atoms with E-state index in [0.29, 0.717) is 40.3 Å². The fourth-order valence-corrected chi connectivity index (χ4v) is 4.77. The lowest BCUT2D eigenvalue weighted by molar-refractivity contribution is -0.171. The van der Waals surface area contributed by atoms with E-state index in [2.05, 4.69) is 15.5 Å². The topological polar surface area (TPSA) is 90.5 Å². The molecule has 1 amide bonds. The third-order valence-corrected chi connectivity index (χ3v) is 6.19. The van der Waals surface area contributed by atoms with Gasteiger partial charge in [0, 0.05) is 24.3 Å². The van der Waals surface area contributed by atoms with Gasteiger partial charge in [-0.25, -0.2) is 0 Å². The van der Waals surface area contributed by atoms with Crippen LogP contribution in [0.2, 0.25) is 0 Å². The van der Waals surface area contributed by atoms with Gasteiger partial charge in [-0.3, -0.25) is 9.89 Å². The van der Waals surface area contributed by atoms with Crippen LogP contribution in [0, 0.1) is 0 Å². The molecular formula is C16H16F2N4O3S. The summed E-state index contributed by atoms with van der Waals surface area (Å²) in [6.07, 6.45) is 1.43. The number of anilines is 1. The molecule has 7 nitrogen and oxygen atoms in total. The predicted molar refractivity (Wildman–Crippen MR) is 89.7 cm³/mol. The number of hydrogen-bond donors (Lipinski definition) is 3. The zero-order valence-electron chi connectivity index (χ0n) is 13.6. The first kappa shape index (κ1) is 16.0. The lowest BCUT2D eigenvalue weighted by Crippen LogP contribution is -2.49. The summed E-state index contributed by atoms with van der Waals surface area (Å²) in [4.78, 5) is 15.0. The Morgan fingerprint density at radius 2 is 2.23 bits per heavy atom. The molecule has 2 aromatic heterocycles. The molecule has 0 aromatic carbocycles. The van der Waals surface area contributed by atoms with Crippen LogP contribution in [0.3, 0.4) is 0 Å². The molecule has 3 N–H and O–H groups in total. The Kier molecular flexibility index (Phi) is 3.18. The lowest BCUT2D eigenvalue weighted by atomic mass is 10.1. The number of alkyl halides is 2. The largest absolute Gasteiger partial charge is 0.427 e. The minimum absolute atomic E-state index is 0.0172. The maximum absolute atomic E-state index is 14.2. The van der Waals surface area contributed by atoms with Gasteiger partial charge in [-0.1, -0.05) is 0 Å². The number of carbonyl (C=O) groups is 1. The molecule has 1 aliphatic carbocycles. The quantitative estimate of drug-likeness (QED) is 0.755. The van der Waals surface area contributed by atoms with Gasteiger partial charge in [0.25, 0.3) is 5.91 Å². The van der Waals surface area contributed by atoms with Crippen LogP contribution in [0.15, 0.2) is 12.4 Å². The van der Waals surface area contributed by atoms with Gasteiger partial charge in [0.15, 0.2) is 5.75 Å². The van der Waals surface area contributed by atoms with Crippen molar-refractivity contribution in [1.29, 1.82) is 0 Å². The normalized spacial score (nSPS) is 25.1. The fraction of sp³-hybridized carbons (Fsp3) is 0.500. The maximum Gasteiger partial charge on any atom is 0.416 e. The summed E-state index contributed by atoms with van der Waals surface area (Å²) in [7, 11) is 0. The smallest absolute Gasteiger partial charge is 0.416 e. The highest BCUT2D eigenvalue weighted by Crippen LogP contribution is 2.53. The molecule has 10 heteroatoms. The number of aromatic nitrogens is 2. The first-order valence-electron chi connectivity index (χ1n) is 8.35. The molecule has 3 aliphatic rings. The van der Waals surface area contributed by atoms with Gasteiger partial charge in [0.05, 0.1) is 16.7 Å². The van der Waals surface area contributed by atoms with E-state index in [1.807, 2.05) is 0 Å². The van der Waals surface area contributed by atoms with Crippen molar-refractivity contribution < 1.29 is 23.4 Å². The minimum atomic E-state index is -3.36. The van der Waals surface area contributed by atoms with Gasteiger partial charge in [-0.05, 0) is 19.3 Å². The Labute approximate surface area is 151 Å².